The highest BCUT2D eigenvalue weighted by Crippen LogP contribution is 2.22. The van der Waals surface area contributed by atoms with Crippen molar-refractivity contribution in [1.82, 2.24) is 30.4 Å². The third kappa shape index (κ3) is 5.15. The number of amides is 5. The Morgan fingerprint density at radius 3 is 2.61 bits per heavy atom. The van der Waals surface area contributed by atoms with Crippen molar-refractivity contribution in [2.75, 3.05) is 20.1 Å². The average Bonchev–Trinajstić information content (AvgIpc) is 3.03. The molecule has 11 heteroatoms. The molecule has 5 amide bonds. The largest absolute Gasteiger partial charge is 0.368 e. The van der Waals surface area contributed by atoms with E-state index in [4.69, 9.17) is 5.73 Å². The van der Waals surface area contributed by atoms with Crippen LogP contribution < -0.4 is 16.4 Å². The Bertz CT molecular complexity index is 740. The first-order valence-electron chi connectivity index (χ1n) is 8.88. The molecule has 2 heterocycles. The fraction of sp³-hybridized carbons (Fsp3) is 0.529. The Kier molecular flexibility index (Phi) is 6.85. The fourth-order valence-electron chi connectivity index (χ4n) is 3.04. The number of likely N-dealkylation sites (tertiary alicyclic amines) is 1. The van der Waals surface area contributed by atoms with E-state index in [0.29, 0.717) is 6.42 Å². The molecule has 0 radical (unpaired) electrons. The molecule has 4 N–H and O–H groups in total. The van der Waals surface area contributed by atoms with Gasteiger partial charge in [-0.15, -0.1) is 0 Å². The molecule has 1 aromatic heterocycles. The number of likely N-dealkylation sites (N-methyl/N-ethyl adjacent to an activating group) is 1. The second-order valence-electron chi connectivity index (χ2n) is 6.86. The first-order chi connectivity index (χ1) is 13.2. The second kappa shape index (κ2) is 9.11. The zero-order chi connectivity index (χ0) is 20.8. The molecule has 1 aliphatic rings. The third-order valence-corrected chi connectivity index (χ3v) is 4.20. The molecule has 1 aliphatic heterocycles. The fourth-order valence-corrected chi connectivity index (χ4v) is 3.04. The number of nitrogens with one attached hydrogen (secondary N) is 2. The molecule has 0 unspecified atom stereocenters. The van der Waals surface area contributed by atoms with Gasteiger partial charge >= 0.3 is 6.03 Å². The van der Waals surface area contributed by atoms with Gasteiger partial charge in [-0.05, 0) is 20.3 Å². The molecule has 0 bridgehead atoms. The number of primary amides is 1. The first-order valence-corrected chi connectivity index (χ1v) is 8.88. The normalized spacial score (nSPS) is 18.6. The topological polar surface area (TPSA) is 151 Å². The maximum absolute atomic E-state index is 13.0. The molecule has 152 valence electrons. The van der Waals surface area contributed by atoms with Gasteiger partial charge in [0, 0.05) is 32.0 Å². The molecule has 0 aliphatic carbocycles. The number of urea groups is 1. The van der Waals surface area contributed by atoms with Crippen LogP contribution >= 0.6 is 0 Å². The second-order valence-corrected chi connectivity index (χ2v) is 6.86. The smallest absolute Gasteiger partial charge is 0.315 e. The summed E-state index contributed by atoms with van der Waals surface area (Å²) in [4.78, 5) is 59.5. The maximum Gasteiger partial charge on any atom is 0.315 e. The Hall–Kier alpha value is -3.24. The molecular formula is C17H25N7O4. The minimum Gasteiger partial charge on any atom is -0.368 e. The molecule has 0 spiro atoms. The van der Waals surface area contributed by atoms with Crippen molar-refractivity contribution in [3.05, 3.63) is 24.3 Å². The van der Waals surface area contributed by atoms with Crippen LogP contribution in [0.2, 0.25) is 0 Å². The summed E-state index contributed by atoms with van der Waals surface area (Å²) in [7, 11) is 1.42. The summed E-state index contributed by atoms with van der Waals surface area (Å²) in [6, 6.07) is -2.14. The zero-order valence-corrected chi connectivity index (χ0v) is 16.1. The van der Waals surface area contributed by atoms with Crippen LogP contribution in [-0.2, 0) is 9.59 Å². The number of carbonyl (C=O) groups is 4. The van der Waals surface area contributed by atoms with Crippen molar-refractivity contribution >= 4 is 23.8 Å². The lowest BCUT2D eigenvalue weighted by Gasteiger charge is -2.30. The number of nitrogens with zero attached hydrogens (tertiary/aromatic N) is 4. The van der Waals surface area contributed by atoms with Gasteiger partial charge in [0.05, 0.1) is 18.8 Å². The minimum atomic E-state index is -0.989. The monoisotopic (exact) mass is 391 g/mol. The van der Waals surface area contributed by atoms with E-state index < -0.39 is 35.8 Å². The molecule has 1 aromatic rings. The van der Waals surface area contributed by atoms with Crippen molar-refractivity contribution in [3.8, 4) is 0 Å². The summed E-state index contributed by atoms with van der Waals surface area (Å²) in [5, 5.41) is 5.43. The highest BCUT2D eigenvalue weighted by molar-refractivity contribution is 5.97. The van der Waals surface area contributed by atoms with Gasteiger partial charge in [0.15, 0.2) is 0 Å². The van der Waals surface area contributed by atoms with Crippen molar-refractivity contribution in [1.29, 1.82) is 0 Å². The van der Waals surface area contributed by atoms with Crippen molar-refractivity contribution in [2.24, 2.45) is 5.73 Å². The maximum atomic E-state index is 13.0. The number of hydrogen-bond donors (Lipinski definition) is 3. The van der Waals surface area contributed by atoms with Gasteiger partial charge in [0.1, 0.15) is 11.7 Å². The third-order valence-electron chi connectivity index (χ3n) is 4.20. The Labute approximate surface area is 162 Å². The van der Waals surface area contributed by atoms with E-state index >= 15 is 0 Å². The van der Waals surface area contributed by atoms with Crippen LogP contribution in [0.3, 0.4) is 0 Å². The van der Waals surface area contributed by atoms with E-state index in [1.54, 1.807) is 13.8 Å². The van der Waals surface area contributed by atoms with Gasteiger partial charge in [-0.25, -0.2) is 9.78 Å². The summed E-state index contributed by atoms with van der Waals surface area (Å²) in [5.41, 5.74) is 5.26. The van der Waals surface area contributed by atoms with Crippen LogP contribution in [0.25, 0.3) is 0 Å². The van der Waals surface area contributed by atoms with Gasteiger partial charge in [0.25, 0.3) is 5.91 Å². The van der Waals surface area contributed by atoms with E-state index in [9.17, 15) is 19.2 Å². The molecule has 0 saturated carbocycles. The van der Waals surface area contributed by atoms with Crippen LogP contribution in [0.5, 0.6) is 0 Å². The lowest BCUT2D eigenvalue weighted by molar-refractivity contribution is -0.137. The molecule has 28 heavy (non-hydrogen) atoms. The first kappa shape index (κ1) is 21.1. The number of hydrogen-bond acceptors (Lipinski definition) is 6. The van der Waals surface area contributed by atoms with Crippen LogP contribution in [0.4, 0.5) is 4.79 Å². The molecular weight excluding hydrogens is 366 g/mol. The molecule has 2 rings (SSSR count). The van der Waals surface area contributed by atoms with Crippen molar-refractivity contribution < 1.29 is 19.2 Å². The lowest BCUT2D eigenvalue weighted by atomic mass is 10.1. The van der Waals surface area contributed by atoms with E-state index in [-0.39, 0.29) is 24.8 Å². The van der Waals surface area contributed by atoms with Crippen LogP contribution in [0.1, 0.15) is 30.8 Å². The Balaban J connectivity index is 2.26. The number of aromatic nitrogens is 2. The summed E-state index contributed by atoms with van der Waals surface area (Å²) in [6.07, 6.45) is 4.50. The molecule has 0 aromatic carbocycles. The predicted octanol–water partition coefficient (Wildman–Crippen LogP) is -1.29. The van der Waals surface area contributed by atoms with Gasteiger partial charge in [0.2, 0.25) is 11.8 Å². The zero-order valence-electron chi connectivity index (χ0n) is 16.1. The average molecular weight is 391 g/mol. The summed E-state index contributed by atoms with van der Waals surface area (Å²) in [6.45, 7) is 3.55. The van der Waals surface area contributed by atoms with Crippen molar-refractivity contribution in [2.45, 2.75) is 38.4 Å². The van der Waals surface area contributed by atoms with Gasteiger partial charge < -0.3 is 26.2 Å². The highest BCUT2D eigenvalue weighted by Gasteiger charge is 2.44. The Morgan fingerprint density at radius 2 is 2.04 bits per heavy atom. The summed E-state index contributed by atoms with van der Waals surface area (Å²) in [5.74, 6) is -1.65. The number of nitrogens with two attached hydrogens (primary N) is 1. The molecule has 11 nitrogen and oxygen atoms in total. The molecule has 1 fully saturated rings. The Morgan fingerprint density at radius 1 is 1.32 bits per heavy atom. The van der Waals surface area contributed by atoms with E-state index in [0.717, 1.165) is 4.90 Å². The SMILES string of the molecule is CC(C)NC(=O)N[C@@H]1CCN(C(=O)c2cnccn2)[C@@H]1C(=O)N(C)CC(N)=O. The van der Waals surface area contributed by atoms with Crippen LogP contribution in [-0.4, -0.2) is 81.8 Å². The summed E-state index contributed by atoms with van der Waals surface area (Å²) < 4.78 is 0. The molecule has 1 saturated heterocycles. The van der Waals surface area contributed by atoms with Gasteiger partial charge in [-0.1, -0.05) is 0 Å². The molecule has 2 atom stereocenters. The highest BCUT2D eigenvalue weighted by atomic mass is 16.2. The lowest BCUT2D eigenvalue weighted by Crippen LogP contribution is -2.57. The van der Waals surface area contributed by atoms with E-state index in [1.165, 1.54) is 30.5 Å². The standard InChI is InChI=1S/C17H25N7O4/c1-10(2)21-17(28)22-11-4-7-24(15(26)12-8-19-5-6-20-12)14(11)16(27)23(3)9-13(18)25/h5-6,8,10-11,14H,4,7,9H2,1-3H3,(H2,18,25)(H2,21,22,28)/t11-,14+/m1/s1. The van der Waals surface area contributed by atoms with Crippen LogP contribution in [0.15, 0.2) is 18.6 Å². The van der Waals surface area contributed by atoms with Crippen molar-refractivity contribution in [3.63, 3.8) is 0 Å². The number of rotatable bonds is 6. The quantitative estimate of drug-likeness (QED) is 0.549. The van der Waals surface area contributed by atoms with E-state index in [1.807, 2.05) is 0 Å². The van der Waals surface area contributed by atoms with Gasteiger partial charge in [-0.3, -0.25) is 19.4 Å². The van der Waals surface area contributed by atoms with Crippen LogP contribution in [0, 0.1) is 0 Å². The summed E-state index contributed by atoms with van der Waals surface area (Å²) >= 11 is 0. The predicted molar refractivity (Wildman–Crippen MR) is 98.9 cm³/mol. The van der Waals surface area contributed by atoms with Gasteiger partial charge in [-0.2, -0.15) is 0 Å². The minimum absolute atomic E-state index is 0.0881. The van der Waals surface area contributed by atoms with E-state index in [2.05, 4.69) is 20.6 Å². The number of carbonyl (C=O) groups excluding carboxylic acids is 4.